The van der Waals surface area contributed by atoms with Crippen molar-refractivity contribution in [3.63, 3.8) is 0 Å². The zero-order chi connectivity index (χ0) is 20.1. The molecule has 1 aliphatic rings. The van der Waals surface area contributed by atoms with Crippen molar-refractivity contribution in [2.75, 3.05) is 30.7 Å². The van der Waals surface area contributed by atoms with Crippen molar-refractivity contribution >= 4 is 21.9 Å². The number of nitrogens with zero attached hydrogens (tertiary/aromatic N) is 4. The minimum Gasteiger partial charge on any atom is -0.337 e. The zero-order valence-electron chi connectivity index (χ0n) is 14.9. The van der Waals surface area contributed by atoms with Crippen molar-refractivity contribution in [3.05, 3.63) is 41.8 Å². The van der Waals surface area contributed by atoms with E-state index >= 15 is 0 Å². The number of halogens is 1. The molecule has 1 aromatic heterocycles. The minimum absolute atomic E-state index is 0.0339. The highest BCUT2D eigenvalue weighted by atomic mass is 32.2. The van der Waals surface area contributed by atoms with Gasteiger partial charge in [0.25, 0.3) is 0 Å². The van der Waals surface area contributed by atoms with Crippen LogP contribution in [0.3, 0.4) is 0 Å². The van der Waals surface area contributed by atoms with Crippen molar-refractivity contribution in [2.24, 2.45) is 0 Å². The summed E-state index contributed by atoms with van der Waals surface area (Å²) in [4.78, 5) is 12.0. The predicted octanol–water partition coefficient (Wildman–Crippen LogP) is 1.43. The van der Waals surface area contributed by atoms with E-state index < -0.39 is 21.9 Å². The summed E-state index contributed by atoms with van der Waals surface area (Å²) in [6.45, 7) is 1.02. The van der Waals surface area contributed by atoms with Crippen LogP contribution in [0.4, 0.5) is 15.0 Å². The number of nitrogens with one attached hydrogen (secondary N) is 2. The third kappa shape index (κ3) is 4.47. The lowest BCUT2D eigenvalue weighted by Gasteiger charge is -2.15. The number of amides is 2. The number of hydrogen-bond donors (Lipinski definition) is 2. The number of nitriles is 1. The van der Waals surface area contributed by atoms with Crippen LogP contribution >= 0.6 is 0 Å². The Bertz CT molecular complexity index is 1010. The molecule has 148 valence electrons. The van der Waals surface area contributed by atoms with Crippen molar-refractivity contribution in [1.82, 2.24) is 19.4 Å². The zero-order valence-corrected chi connectivity index (χ0v) is 15.7. The summed E-state index contributed by atoms with van der Waals surface area (Å²) in [5, 5.41) is 18.1. The van der Waals surface area contributed by atoms with Gasteiger partial charge in [0, 0.05) is 31.9 Å². The standard InChI is InChI=1S/C17H19FN6O3S/c18-14-4-3-5-15(13(14)12-19)24-10-6-16(22-24)21-17(25)20-7-11-28(26,27)23-8-1-2-9-23/h3-6,10H,1-2,7-9,11H2,(H2,20,21,22,25). The molecule has 2 N–H and O–H groups in total. The van der Waals surface area contributed by atoms with E-state index in [1.54, 1.807) is 6.07 Å². The van der Waals surface area contributed by atoms with Crippen LogP contribution in [0.25, 0.3) is 5.69 Å². The molecule has 0 unspecified atom stereocenters. The first kappa shape index (κ1) is 19.8. The average Bonchev–Trinajstić information content (AvgIpc) is 3.33. The number of hydrogen-bond acceptors (Lipinski definition) is 5. The summed E-state index contributed by atoms with van der Waals surface area (Å²) < 4.78 is 40.6. The smallest absolute Gasteiger partial charge is 0.320 e. The van der Waals surface area contributed by atoms with Gasteiger partial charge in [-0.15, -0.1) is 5.10 Å². The molecular formula is C17H19FN6O3S. The largest absolute Gasteiger partial charge is 0.337 e. The number of rotatable bonds is 6. The average molecular weight is 406 g/mol. The number of carbonyl (C=O) groups is 1. The van der Waals surface area contributed by atoms with Crippen molar-refractivity contribution < 1.29 is 17.6 Å². The van der Waals surface area contributed by atoms with Crippen molar-refractivity contribution in [2.45, 2.75) is 12.8 Å². The monoisotopic (exact) mass is 406 g/mol. The molecule has 1 fully saturated rings. The Kier molecular flexibility index (Phi) is 5.91. The van der Waals surface area contributed by atoms with Crippen molar-refractivity contribution in [1.29, 1.82) is 5.26 Å². The lowest BCUT2D eigenvalue weighted by molar-refractivity contribution is 0.252. The molecule has 0 aliphatic carbocycles. The lowest BCUT2D eigenvalue weighted by atomic mass is 10.2. The molecular weight excluding hydrogens is 387 g/mol. The predicted molar refractivity (Wildman–Crippen MR) is 99.9 cm³/mol. The van der Waals surface area contributed by atoms with E-state index in [0.717, 1.165) is 12.8 Å². The minimum atomic E-state index is -3.37. The van der Waals surface area contributed by atoms with Crippen LogP contribution in [0.5, 0.6) is 0 Å². The van der Waals surface area contributed by atoms with Gasteiger partial charge >= 0.3 is 6.03 Å². The third-order valence-electron chi connectivity index (χ3n) is 4.28. The number of aromatic nitrogens is 2. The molecule has 1 aromatic carbocycles. The summed E-state index contributed by atoms with van der Waals surface area (Å²) in [5.41, 5.74) is 0.0846. The highest BCUT2D eigenvalue weighted by Gasteiger charge is 2.24. The maximum absolute atomic E-state index is 13.7. The molecule has 0 spiro atoms. The number of sulfonamides is 1. The van der Waals surface area contributed by atoms with Crippen LogP contribution in [0.2, 0.25) is 0 Å². The van der Waals surface area contributed by atoms with Crippen LogP contribution in [0, 0.1) is 17.1 Å². The SMILES string of the molecule is N#Cc1c(F)cccc1-n1ccc(NC(=O)NCCS(=O)(=O)N2CCCC2)n1. The van der Waals surface area contributed by atoms with Gasteiger partial charge in [0.15, 0.2) is 5.82 Å². The van der Waals surface area contributed by atoms with Gasteiger partial charge in [-0.3, -0.25) is 5.32 Å². The molecule has 3 rings (SSSR count). The summed E-state index contributed by atoms with van der Waals surface area (Å²) in [7, 11) is -3.37. The molecule has 9 nitrogen and oxygen atoms in total. The second kappa shape index (κ2) is 8.37. The number of benzene rings is 1. The summed E-state index contributed by atoms with van der Waals surface area (Å²) >= 11 is 0. The fourth-order valence-corrected chi connectivity index (χ4v) is 4.32. The molecule has 2 heterocycles. The Labute approximate surface area is 161 Å². The van der Waals surface area contributed by atoms with Crippen LogP contribution in [0.1, 0.15) is 18.4 Å². The Morgan fingerprint density at radius 3 is 2.75 bits per heavy atom. The summed E-state index contributed by atoms with van der Waals surface area (Å²) in [6.07, 6.45) is 3.19. The van der Waals surface area contributed by atoms with Gasteiger partial charge in [0.1, 0.15) is 17.4 Å². The Morgan fingerprint density at radius 1 is 1.29 bits per heavy atom. The number of carbonyl (C=O) groups excluding carboxylic acids is 1. The Balaban J connectivity index is 1.56. The van der Waals surface area contributed by atoms with E-state index in [1.807, 2.05) is 0 Å². The van der Waals surface area contributed by atoms with Gasteiger partial charge in [-0.05, 0) is 25.0 Å². The molecule has 0 atom stereocenters. The van der Waals surface area contributed by atoms with E-state index in [9.17, 15) is 17.6 Å². The van der Waals surface area contributed by atoms with Gasteiger partial charge in [-0.2, -0.15) is 5.26 Å². The van der Waals surface area contributed by atoms with Crippen LogP contribution in [-0.4, -0.2) is 53.9 Å². The molecule has 1 saturated heterocycles. The van der Waals surface area contributed by atoms with E-state index in [4.69, 9.17) is 5.26 Å². The molecule has 0 saturated carbocycles. The summed E-state index contributed by atoms with van der Waals surface area (Å²) in [5.74, 6) is -0.668. The van der Waals surface area contributed by atoms with E-state index in [0.29, 0.717) is 13.1 Å². The molecule has 28 heavy (non-hydrogen) atoms. The third-order valence-corrected chi connectivity index (χ3v) is 6.16. The second-order valence-corrected chi connectivity index (χ2v) is 8.28. The van der Waals surface area contributed by atoms with E-state index in [1.165, 1.54) is 39.4 Å². The Morgan fingerprint density at radius 2 is 2.04 bits per heavy atom. The van der Waals surface area contributed by atoms with Gasteiger partial charge in [-0.25, -0.2) is 26.6 Å². The molecule has 11 heteroatoms. The number of anilines is 1. The maximum atomic E-state index is 13.7. The van der Waals surface area contributed by atoms with E-state index in [2.05, 4.69) is 15.7 Å². The fraction of sp³-hybridized carbons (Fsp3) is 0.353. The highest BCUT2D eigenvalue weighted by molar-refractivity contribution is 7.89. The molecule has 0 radical (unpaired) electrons. The normalized spacial score (nSPS) is 14.6. The molecule has 2 amide bonds. The van der Waals surface area contributed by atoms with Crippen LogP contribution < -0.4 is 10.6 Å². The first-order valence-electron chi connectivity index (χ1n) is 8.68. The molecule has 0 bridgehead atoms. The number of urea groups is 1. The summed E-state index contributed by atoms with van der Waals surface area (Å²) in [6, 6.07) is 6.81. The van der Waals surface area contributed by atoms with Crippen molar-refractivity contribution in [3.8, 4) is 11.8 Å². The van der Waals surface area contributed by atoms with Gasteiger partial charge in [-0.1, -0.05) is 6.07 Å². The van der Waals surface area contributed by atoms with E-state index in [-0.39, 0.29) is 29.4 Å². The second-order valence-electron chi connectivity index (χ2n) is 6.19. The van der Waals surface area contributed by atoms with Gasteiger partial charge in [0.2, 0.25) is 10.0 Å². The first-order valence-corrected chi connectivity index (χ1v) is 10.3. The Hall–Kier alpha value is -2.97. The highest BCUT2D eigenvalue weighted by Crippen LogP contribution is 2.18. The quantitative estimate of drug-likeness (QED) is 0.752. The van der Waals surface area contributed by atoms with Crippen LogP contribution in [0.15, 0.2) is 30.5 Å². The fourth-order valence-electron chi connectivity index (χ4n) is 2.89. The first-order chi connectivity index (χ1) is 13.4. The van der Waals surface area contributed by atoms with Gasteiger partial charge in [0.05, 0.1) is 11.4 Å². The topological polar surface area (TPSA) is 120 Å². The van der Waals surface area contributed by atoms with Crippen LogP contribution in [-0.2, 0) is 10.0 Å². The molecule has 2 aromatic rings. The van der Waals surface area contributed by atoms with Gasteiger partial charge < -0.3 is 5.32 Å². The maximum Gasteiger partial charge on any atom is 0.320 e. The lowest BCUT2D eigenvalue weighted by Crippen LogP contribution is -2.37. The molecule has 1 aliphatic heterocycles.